The van der Waals surface area contributed by atoms with E-state index in [1.54, 1.807) is 37.3 Å². The van der Waals surface area contributed by atoms with Crippen molar-refractivity contribution in [3.8, 4) is 0 Å². The zero-order chi connectivity index (χ0) is 15.6. The Bertz CT molecular complexity index is 755. The van der Waals surface area contributed by atoms with Crippen molar-refractivity contribution in [2.45, 2.75) is 11.8 Å². The van der Waals surface area contributed by atoms with Gasteiger partial charge in [-0.25, -0.2) is 8.42 Å². The van der Waals surface area contributed by atoms with Crippen LogP contribution in [-0.2, 0) is 10.0 Å². The van der Waals surface area contributed by atoms with Crippen LogP contribution in [-0.4, -0.2) is 22.5 Å². The second-order valence-electron chi connectivity index (χ2n) is 5.08. The highest BCUT2D eigenvalue weighted by Gasteiger charge is 2.17. The van der Waals surface area contributed by atoms with Gasteiger partial charge in [0, 0.05) is 25.5 Å². The van der Waals surface area contributed by atoms with Crippen molar-refractivity contribution in [1.82, 2.24) is 0 Å². The summed E-state index contributed by atoms with van der Waals surface area (Å²) in [6.45, 7) is 1.74. The van der Waals surface area contributed by atoms with E-state index in [2.05, 4.69) is 4.72 Å². The van der Waals surface area contributed by atoms with Gasteiger partial charge in [0.2, 0.25) is 0 Å². The molecule has 0 aliphatic carbocycles. The molecule has 2 rings (SSSR count). The third-order valence-electron chi connectivity index (χ3n) is 3.12. The molecule has 0 saturated heterocycles. The summed E-state index contributed by atoms with van der Waals surface area (Å²) in [5, 5.41) is 0. The Balaban J connectivity index is 2.37. The summed E-state index contributed by atoms with van der Waals surface area (Å²) in [7, 11) is 0.139. The number of hydrogen-bond acceptors (Lipinski definition) is 4. The summed E-state index contributed by atoms with van der Waals surface area (Å²) in [5.74, 6) is 0. The van der Waals surface area contributed by atoms with Crippen molar-refractivity contribution in [3.63, 3.8) is 0 Å². The Kier molecular flexibility index (Phi) is 4.09. The molecule has 5 nitrogen and oxygen atoms in total. The standard InChI is InChI=1S/C15H19N3O2S/c1-11-7-8-12(16)9-15(11)21(19,20)17-13-5-4-6-14(10-13)18(2)3/h4-10,17H,16H2,1-3H3. The minimum absolute atomic E-state index is 0.192. The molecule has 0 amide bonds. The molecular weight excluding hydrogens is 286 g/mol. The van der Waals surface area contributed by atoms with Crippen LogP contribution in [0.5, 0.6) is 0 Å². The SMILES string of the molecule is Cc1ccc(N)cc1S(=O)(=O)Nc1cccc(N(C)C)c1. The Morgan fingerprint density at radius 1 is 1.10 bits per heavy atom. The molecular formula is C15H19N3O2S. The first-order valence-corrected chi connectivity index (χ1v) is 7.94. The number of benzene rings is 2. The molecule has 112 valence electrons. The predicted molar refractivity (Wildman–Crippen MR) is 87.2 cm³/mol. The highest BCUT2D eigenvalue weighted by molar-refractivity contribution is 7.92. The van der Waals surface area contributed by atoms with E-state index in [1.807, 2.05) is 25.1 Å². The molecule has 0 aromatic heterocycles. The first-order valence-electron chi connectivity index (χ1n) is 6.46. The van der Waals surface area contributed by atoms with Crippen molar-refractivity contribution in [2.24, 2.45) is 0 Å². The number of nitrogens with zero attached hydrogens (tertiary/aromatic N) is 1. The molecule has 0 radical (unpaired) electrons. The van der Waals surface area contributed by atoms with Crippen LogP contribution in [0.15, 0.2) is 47.4 Å². The van der Waals surface area contributed by atoms with Gasteiger partial charge in [0.25, 0.3) is 10.0 Å². The van der Waals surface area contributed by atoms with Crippen molar-refractivity contribution in [3.05, 3.63) is 48.0 Å². The molecule has 0 heterocycles. The Hall–Kier alpha value is -2.21. The van der Waals surface area contributed by atoms with E-state index in [0.29, 0.717) is 16.9 Å². The van der Waals surface area contributed by atoms with Crippen LogP contribution in [0.3, 0.4) is 0 Å². The number of nitrogens with one attached hydrogen (secondary N) is 1. The minimum Gasteiger partial charge on any atom is -0.399 e. The van der Waals surface area contributed by atoms with Gasteiger partial charge in [-0.1, -0.05) is 12.1 Å². The third-order valence-corrected chi connectivity index (χ3v) is 4.64. The predicted octanol–water partition coefficient (Wildman–Crippen LogP) is 2.44. The molecule has 2 aromatic rings. The summed E-state index contributed by atoms with van der Waals surface area (Å²) in [4.78, 5) is 2.10. The van der Waals surface area contributed by atoms with E-state index in [0.717, 1.165) is 5.69 Å². The van der Waals surface area contributed by atoms with Gasteiger partial charge in [0.1, 0.15) is 0 Å². The molecule has 0 spiro atoms. The van der Waals surface area contributed by atoms with Gasteiger partial charge >= 0.3 is 0 Å². The first-order chi connectivity index (χ1) is 9.79. The van der Waals surface area contributed by atoms with Crippen LogP contribution in [0.1, 0.15) is 5.56 Å². The van der Waals surface area contributed by atoms with Crippen LogP contribution in [0.25, 0.3) is 0 Å². The molecule has 0 aliphatic rings. The molecule has 21 heavy (non-hydrogen) atoms. The second-order valence-corrected chi connectivity index (χ2v) is 6.73. The van der Waals surface area contributed by atoms with Crippen LogP contribution >= 0.6 is 0 Å². The maximum absolute atomic E-state index is 12.5. The number of sulfonamides is 1. The molecule has 0 atom stereocenters. The fraction of sp³-hybridized carbons (Fsp3) is 0.200. The van der Waals surface area contributed by atoms with Gasteiger partial charge in [-0.3, -0.25) is 4.72 Å². The van der Waals surface area contributed by atoms with Gasteiger partial charge in [0.15, 0.2) is 0 Å². The lowest BCUT2D eigenvalue weighted by Crippen LogP contribution is -2.15. The van der Waals surface area contributed by atoms with E-state index in [1.165, 1.54) is 6.07 Å². The van der Waals surface area contributed by atoms with Crippen molar-refractivity contribution in [2.75, 3.05) is 29.5 Å². The van der Waals surface area contributed by atoms with Crippen molar-refractivity contribution in [1.29, 1.82) is 0 Å². The Morgan fingerprint density at radius 3 is 2.48 bits per heavy atom. The fourth-order valence-electron chi connectivity index (χ4n) is 1.96. The molecule has 2 aromatic carbocycles. The summed E-state index contributed by atoms with van der Waals surface area (Å²) in [6.07, 6.45) is 0. The number of hydrogen-bond donors (Lipinski definition) is 2. The van der Waals surface area contributed by atoms with Crippen LogP contribution < -0.4 is 15.4 Å². The lowest BCUT2D eigenvalue weighted by atomic mass is 10.2. The average molecular weight is 305 g/mol. The quantitative estimate of drug-likeness (QED) is 0.851. The average Bonchev–Trinajstić information content (AvgIpc) is 2.41. The minimum atomic E-state index is -3.66. The van der Waals surface area contributed by atoms with Crippen LogP contribution in [0.2, 0.25) is 0 Å². The van der Waals surface area contributed by atoms with E-state index in [-0.39, 0.29) is 4.90 Å². The lowest BCUT2D eigenvalue weighted by molar-refractivity contribution is 0.600. The van der Waals surface area contributed by atoms with Crippen LogP contribution in [0, 0.1) is 6.92 Å². The summed E-state index contributed by atoms with van der Waals surface area (Å²) in [6, 6.07) is 12.0. The van der Waals surface area contributed by atoms with E-state index in [9.17, 15) is 8.42 Å². The number of anilines is 3. The fourth-order valence-corrected chi connectivity index (χ4v) is 3.29. The summed E-state index contributed by atoms with van der Waals surface area (Å²) < 4.78 is 27.5. The smallest absolute Gasteiger partial charge is 0.262 e. The van der Waals surface area contributed by atoms with Crippen LogP contribution in [0.4, 0.5) is 17.1 Å². The Morgan fingerprint density at radius 2 is 1.81 bits per heavy atom. The highest BCUT2D eigenvalue weighted by Crippen LogP contribution is 2.23. The number of rotatable bonds is 4. The largest absolute Gasteiger partial charge is 0.399 e. The summed E-state index contributed by atoms with van der Waals surface area (Å²) in [5.41, 5.74) is 8.19. The molecule has 3 N–H and O–H groups in total. The molecule has 0 aliphatic heterocycles. The molecule has 0 fully saturated rings. The maximum atomic E-state index is 12.5. The number of nitrogens with two attached hydrogens (primary N) is 1. The molecule has 0 saturated carbocycles. The van der Waals surface area contributed by atoms with E-state index >= 15 is 0 Å². The van der Waals surface area contributed by atoms with E-state index < -0.39 is 10.0 Å². The van der Waals surface area contributed by atoms with Crippen molar-refractivity contribution < 1.29 is 8.42 Å². The lowest BCUT2D eigenvalue weighted by Gasteiger charge is -2.15. The first kappa shape index (κ1) is 15.2. The topological polar surface area (TPSA) is 75.4 Å². The second kappa shape index (κ2) is 5.65. The third kappa shape index (κ3) is 3.46. The van der Waals surface area contributed by atoms with Gasteiger partial charge in [-0.05, 0) is 42.8 Å². The molecule has 0 unspecified atom stereocenters. The number of nitrogen functional groups attached to an aromatic ring is 1. The zero-order valence-corrected chi connectivity index (χ0v) is 13.1. The van der Waals surface area contributed by atoms with Gasteiger partial charge in [-0.15, -0.1) is 0 Å². The monoisotopic (exact) mass is 305 g/mol. The van der Waals surface area contributed by atoms with Gasteiger partial charge in [0.05, 0.1) is 10.6 Å². The normalized spacial score (nSPS) is 11.2. The molecule has 6 heteroatoms. The van der Waals surface area contributed by atoms with Gasteiger partial charge in [-0.2, -0.15) is 0 Å². The Labute approximate surface area is 125 Å². The zero-order valence-electron chi connectivity index (χ0n) is 12.3. The van der Waals surface area contributed by atoms with Crippen molar-refractivity contribution >= 4 is 27.1 Å². The molecule has 0 bridgehead atoms. The summed E-state index contributed by atoms with van der Waals surface area (Å²) >= 11 is 0. The number of aryl methyl sites for hydroxylation is 1. The maximum Gasteiger partial charge on any atom is 0.262 e. The van der Waals surface area contributed by atoms with E-state index in [4.69, 9.17) is 5.73 Å². The highest BCUT2D eigenvalue weighted by atomic mass is 32.2. The van der Waals surface area contributed by atoms with Gasteiger partial charge < -0.3 is 10.6 Å².